The predicted molar refractivity (Wildman–Crippen MR) is 113 cm³/mol. The van der Waals surface area contributed by atoms with E-state index in [1.165, 1.54) is 12.1 Å². The van der Waals surface area contributed by atoms with E-state index in [9.17, 15) is 9.18 Å². The van der Waals surface area contributed by atoms with E-state index in [2.05, 4.69) is 31.2 Å². The van der Waals surface area contributed by atoms with Gasteiger partial charge in [0.2, 0.25) is 0 Å². The van der Waals surface area contributed by atoms with Crippen LogP contribution in [0.25, 0.3) is 10.9 Å². The SMILES string of the molecule is Cc1cc(C(=O)NC(c2cccc(F)c2)c2nccn2C)c2ccc(Br)cc2n1. The summed E-state index contributed by atoms with van der Waals surface area (Å²) in [6, 6.07) is 12.9. The number of nitrogens with one attached hydrogen (secondary N) is 1. The van der Waals surface area contributed by atoms with Crippen LogP contribution in [-0.4, -0.2) is 20.4 Å². The Labute approximate surface area is 175 Å². The number of carbonyl (C=O) groups excluding carboxylic acids is 1. The van der Waals surface area contributed by atoms with E-state index >= 15 is 0 Å². The Morgan fingerprint density at radius 3 is 2.76 bits per heavy atom. The minimum absolute atomic E-state index is 0.278. The summed E-state index contributed by atoms with van der Waals surface area (Å²) in [4.78, 5) is 22.2. The number of carbonyl (C=O) groups is 1. The van der Waals surface area contributed by atoms with Gasteiger partial charge in [-0.05, 0) is 42.8 Å². The first-order valence-corrected chi connectivity index (χ1v) is 9.82. The van der Waals surface area contributed by atoms with E-state index < -0.39 is 6.04 Å². The van der Waals surface area contributed by atoms with E-state index in [4.69, 9.17) is 0 Å². The number of pyridine rings is 1. The number of amides is 1. The molecule has 2 aromatic carbocycles. The number of halogens is 2. The molecule has 0 aliphatic heterocycles. The van der Waals surface area contributed by atoms with Gasteiger partial charge in [-0.2, -0.15) is 0 Å². The third kappa shape index (κ3) is 3.91. The van der Waals surface area contributed by atoms with Gasteiger partial charge in [0.25, 0.3) is 5.91 Å². The number of aryl methyl sites for hydroxylation is 2. The fourth-order valence-corrected chi connectivity index (χ4v) is 3.72. The van der Waals surface area contributed by atoms with Crippen LogP contribution in [0.4, 0.5) is 4.39 Å². The Kier molecular flexibility index (Phi) is 5.15. The Bertz CT molecular complexity index is 1220. The van der Waals surface area contributed by atoms with Crippen molar-refractivity contribution in [1.82, 2.24) is 19.9 Å². The second kappa shape index (κ2) is 7.75. The Balaban J connectivity index is 1.78. The number of hydrogen-bond acceptors (Lipinski definition) is 3. The van der Waals surface area contributed by atoms with Crippen LogP contribution in [0.5, 0.6) is 0 Å². The molecule has 29 heavy (non-hydrogen) atoms. The summed E-state index contributed by atoms with van der Waals surface area (Å²) >= 11 is 3.44. The summed E-state index contributed by atoms with van der Waals surface area (Å²) in [5.74, 6) is -0.0344. The van der Waals surface area contributed by atoms with Crippen molar-refractivity contribution in [2.45, 2.75) is 13.0 Å². The first-order valence-electron chi connectivity index (χ1n) is 9.03. The average Bonchev–Trinajstić information content (AvgIpc) is 3.10. The molecular weight excluding hydrogens is 435 g/mol. The van der Waals surface area contributed by atoms with Crippen molar-refractivity contribution in [2.24, 2.45) is 7.05 Å². The maximum absolute atomic E-state index is 13.9. The topological polar surface area (TPSA) is 59.8 Å². The number of imidazole rings is 1. The molecule has 0 fully saturated rings. The summed E-state index contributed by atoms with van der Waals surface area (Å²) in [6.07, 6.45) is 3.44. The van der Waals surface area contributed by atoms with E-state index in [1.807, 2.05) is 36.7 Å². The highest BCUT2D eigenvalue weighted by Gasteiger charge is 2.23. The lowest BCUT2D eigenvalue weighted by Gasteiger charge is -2.20. The fourth-order valence-electron chi connectivity index (χ4n) is 3.37. The minimum atomic E-state index is -0.600. The fraction of sp³-hybridized carbons (Fsp3) is 0.136. The highest BCUT2D eigenvalue weighted by molar-refractivity contribution is 9.10. The standard InChI is InChI=1S/C22H18BrFN4O/c1-13-10-18(17-7-6-15(23)12-19(17)26-13)22(29)27-20(21-25-8-9-28(21)2)14-4-3-5-16(24)11-14/h3-12,20H,1-2H3,(H,27,29). The van der Waals surface area contributed by atoms with Gasteiger partial charge in [0.1, 0.15) is 17.7 Å². The highest BCUT2D eigenvalue weighted by atomic mass is 79.9. The third-order valence-electron chi connectivity index (χ3n) is 4.72. The van der Waals surface area contributed by atoms with Gasteiger partial charge in [-0.1, -0.05) is 34.1 Å². The molecule has 7 heteroatoms. The maximum atomic E-state index is 13.9. The van der Waals surface area contributed by atoms with Crippen molar-refractivity contribution in [1.29, 1.82) is 0 Å². The molecule has 1 unspecified atom stereocenters. The Morgan fingerprint density at radius 2 is 2.03 bits per heavy atom. The molecule has 0 spiro atoms. The summed E-state index contributed by atoms with van der Waals surface area (Å²) in [6.45, 7) is 1.85. The van der Waals surface area contributed by atoms with Crippen LogP contribution in [0, 0.1) is 12.7 Å². The molecule has 0 bridgehead atoms. The number of rotatable bonds is 4. The van der Waals surface area contributed by atoms with Gasteiger partial charge in [-0.15, -0.1) is 0 Å². The smallest absolute Gasteiger partial charge is 0.252 e. The number of hydrogen-bond donors (Lipinski definition) is 1. The van der Waals surface area contributed by atoms with Gasteiger partial charge in [-0.3, -0.25) is 9.78 Å². The zero-order chi connectivity index (χ0) is 20.5. The van der Waals surface area contributed by atoms with Crippen molar-refractivity contribution < 1.29 is 9.18 Å². The van der Waals surface area contributed by atoms with Crippen LogP contribution in [0.2, 0.25) is 0 Å². The molecule has 2 aromatic heterocycles. The van der Waals surface area contributed by atoms with Gasteiger partial charge in [-0.25, -0.2) is 9.37 Å². The number of fused-ring (bicyclic) bond motifs is 1. The molecule has 0 aliphatic rings. The van der Waals surface area contributed by atoms with Gasteiger partial charge in [0, 0.05) is 35.0 Å². The van der Waals surface area contributed by atoms with Crippen LogP contribution < -0.4 is 5.32 Å². The molecule has 2 heterocycles. The van der Waals surface area contributed by atoms with Gasteiger partial charge in [0.05, 0.1) is 11.1 Å². The van der Waals surface area contributed by atoms with Gasteiger partial charge >= 0.3 is 0 Å². The van der Waals surface area contributed by atoms with Gasteiger partial charge < -0.3 is 9.88 Å². The monoisotopic (exact) mass is 452 g/mol. The van der Waals surface area contributed by atoms with E-state index in [0.717, 1.165) is 21.1 Å². The average molecular weight is 453 g/mol. The van der Waals surface area contributed by atoms with Crippen LogP contribution in [0.3, 0.4) is 0 Å². The molecule has 1 N–H and O–H groups in total. The molecule has 4 aromatic rings. The maximum Gasteiger partial charge on any atom is 0.252 e. The number of aromatic nitrogens is 3. The van der Waals surface area contributed by atoms with Crippen molar-refractivity contribution in [3.8, 4) is 0 Å². The van der Waals surface area contributed by atoms with Crippen molar-refractivity contribution in [3.63, 3.8) is 0 Å². The van der Waals surface area contributed by atoms with E-state index in [-0.39, 0.29) is 11.7 Å². The Morgan fingerprint density at radius 1 is 1.21 bits per heavy atom. The lowest BCUT2D eigenvalue weighted by atomic mass is 10.0. The molecule has 1 atom stereocenters. The van der Waals surface area contributed by atoms with Crippen molar-refractivity contribution in [2.75, 3.05) is 0 Å². The second-order valence-electron chi connectivity index (χ2n) is 6.83. The molecular formula is C22H18BrFN4O. The van der Waals surface area contributed by atoms with Crippen molar-refractivity contribution in [3.05, 3.63) is 93.9 Å². The number of benzene rings is 2. The first-order chi connectivity index (χ1) is 13.9. The molecule has 5 nitrogen and oxygen atoms in total. The predicted octanol–water partition coefficient (Wildman–Crippen LogP) is 4.70. The zero-order valence-corrected chi connectivity index (χ0v) is 17.4. The third-order valence-corrected chi connectivity index (χ3v) is 5.21. The molecule has 0 saturated heterocycles. The molecule has 4 rings (SSSR count). The normalized spacial score (nSPS) is 12.1. The van der Waals surface area contributed by atoms with Crippen LogP contribution in [0.1, 0.15) is 33.5 Å². The van der Waals surface area contributed by atoms with Crippen molar-refractivity contribution >= 4 is 32.7 Å². The molecule has 0 radical (unpaired) electrons. The summed E-state index contributed by atoms with van der Waals surface area (Å²) in [5.41, 5.74) is 2.59. The summed E-state index contributed by atoms with van der Waals surface area (Å²) in [5, 5.41) is 3.77. The largest absolute Gasteiger partial charge is 0.338 e. The molecule has 0 saturated carbocycles. The van der Waals surface area contributed by atoms with Crippen LogP contribution in [-0.2, 0) is 7.05 Å². The quantitative estimate of drug-likeness (QED) is 0.488. The first kappa shape index (κ1) is 19.3. The molecule has 0 aliphatic carbocycles. The van der Waals surface area contributed by atoms with Crippen LogP contribution >= 0.6 is 15.9 Å². The summed E-state index contributed by atoms with van der Waals surface area (Å²) < 4.78 is 16.6. The minimum Gasteiger partial charge on any atom is -0.338 e. The highest BCUT2D eigenvalue weighted by Crippen LogP contribution is 2.25. The van der Waals surface area contributed by atoms with E-state index in [1.54, 1.807) is 30.6 Å². The second-order valence-corrected chi connectivity index (χ2v) is 7.75. The van der Waals surface area contributed by atoms with Crippen LogP contribution in [0.15, 0.2) is 65.4 Å². The lowest BCUT2D eigenvalue weighted by Crippen LogP contribution is -2.31. The number of nitrogens with zero attached hydrogens (tertiary/aromatic N) is 3. The molecule has 1 amide bonds. The Hall–Kier alpha value is -3.06. The van der Waals surface area contributed by atoms with Gasteiger partial charge in [0.15, 0.2) is 0 Å². The van der Waals surface area contributed by atoms with E-state index in [0.29, 0.717) is 17.0 Å². The zero-order valence-electron chi connectivity index (χ0n) is 15.9. The molecule has 146 valence electrons. The summed E-state index contributed by atoms with van der Waals surface area (Å²) in [7, 11) is 1.84. The lowest BCUT2D eigenvalue weighted by molar-refractivity contribution is 0.0942.